The number of aromatic nitrogens is 1. The minimum Gasteiger partial charge on any atom is -0.205 e. The van der Waals surface area contributed by atoms with Gasteiger partial charge in [-0.1, -0.05) is 70.3 Å². The Morgan fingerprint density at radius 1 is 0.750 bits per heavy atom. The molecule has 28 heavy (non-hydrogen) atoms. The standard InChI is InChI=1S/C26H45ClN/c1-2-3-4-5-15-18-23-28-24-19-21-26(25-28)20-16-13-11-9-7-6-8-10-12-14-17-22-27/h2,19,21,24-25H,1,3-18,20,22-23H2/q+1. The Bertz CT molecular complexity index is 471. The normalized spacial score (nSPS) is 11.0. The molecule has 0 unspecified atom stereocenters. The van der Waals surface area contributed by atoms with E-state index in [2.05, 4.69) is 35.7 Å². The van der Waals surface area contributed by atoms with E-state index >= 15 is 0 Å². The maximum Gasteiger partial charge on any atom is 0.171 e. The lowest BCUT2D eigenvalue weighted by atomic mass is 10.0. The van der Waals surface area contributed by atoms with Gasteiger partial charge in [0.05, 0.1) is 0 Å². The minimum absolute atomic E-state index is 0.833. The lowest BCUT2D eigenvalue weighted by Gasteiger charge is -2.04. The van der Waals surface area contributed by atoms with Crippen LogP contribution in [0, 0.1) is 0 Å². The Kier molecular flexibility index (Phi) is 17.6. The Morgan fingerprint density at radius 3 is 1.96 bits per heavy atom. The Balaban J connectivity index is 1.97. The highest BCUT2D eigenvalue weighted by molar-refractivity contribution is 6.17. The molecule has 1 nitrogen and oxygen atoms in total. The molecule has 160 valence electrons. The van der Waals surface area contributed by atoms with E-state index in [0.29, 0.717) is 0 Å². The average Bonchev–Trinajstić information content (AvgIpc) is 2.72. The predicted octanol–water partition coefficient (Wildman–Crippen LogP) is 8.18. The van der Waals surface area contributed by atoms with Crippen molar-refractivity contribution in [1.29, 1.82) is 0 Å². The zero-order valence-electron chi connectivity index (χ0n) is 18.4. The summed E-state index contributed by atoms with van der Waals surface area (Å²) in [7, 11) is 0. The van der Waals surface area contributed by atoms with Crippen molar-refractivity contribution in [3.05, 3.63) is 42.7 Å². The van der Waals surface area contributed by atoms with Gasteiger partial charge in [0.25, 0.3) is 0 Å². The molecule has 0 amide bonds. The monoisotopic (exact) mass is 406 g/mol. The number of nitrogens with zero attached hydrogens (tertiary/aromatic N) is 1. The van der Waals surface area contributed by atoms with Gasteiger partial charge in [-0.05, 0) is 44.6 Å². The maximum atomic E-state index is 5.71. The van der Waals surface area contributed by atoms with Gasteiger partial charge in [-0.25, -0.2) is 4.57 Å². The third kappa shape index (κ3) is 15.1. The molecule has 0 atom stereocenters. The first-order valence-corrected chi connectivity index (χ1v) is 12.5. The van der Waals surface area contributed by atoms with Crippen LogP contribution in [0.25, 0.3) is 0 Å². The van der Waals surface area contributed by atoms with Gasteiger partial charge in [0.15, 0.2) is 12.4 Å². The van der Waals surface area contributed by atoms with E-state index in [9.17, 15) is 0 Å². The van der Waals surface area contributed by atoms with Crippen LogP contribution in [0.1, 0.15) is 108 Å². The fourth-order valence-corrected chi connectivity index (χ4v) is 4.00. The lowest BCUT2D eigenvalue weighted by molar-refractivity contribution is -0.697. The number of hydrogen-bond donors (Lipinski definition) is 0. The highest BCUT2D eigenvalue weighted by Gasteiger charge is 2.03. The summed E-state index contributed by atoms with van der Waals surface area (Å²) < 4.78 is 2.38. The number of unbranched alkanes of at least 4 members (excludes halogenated alkanes) is 14. The van der Waals surface area contributed by atoms with Crippen molar-refractivity contribution in [3.63, 3.8) is 0 Å². The van der Waals surface area contributed by atoms with Gasteiger partial charge in [0.2, 0.25) is 0 Å². The number of allylic oxidation sites excluding steroid dienone is 1. The predicted molar refractivity (Wildman–Crippen MR) is 125 cm³/mol. The van der Waals surface area contributed by atoms with Crippen molar-refractivity contribution < 1.29 is 4.57 Å². The minimum atomic E-state index is 0.833. The third-order valence-corrected chi connectivity index (χ3v) is 5.86. The fourth-order valence-electron chi connectivity index (χ4n) is 3.81. The van der Waals surface area contributed by atoms with Crippen molar-refractivity contribution in [3.8, 4) is 0 Å². The van der Waals surface area contributed by atoms with Crippen LogP contribution in [0.3, 0.4) is 0 Å². The van der Waals surface area contributed by atoms with Crippen LogP contribution in [0.5, 0.6) is 0 Å². The van der Waals surface area contributed by atoms with Crippen LogP contribution in [0.4, 0.5) is 0 Å². The molecular formula is C26H45ClN+. The second-order valence-corrected chi connectivity index (χ2v) is 8.65. The van der Waals surface area contributed by atoms with Gasteiger partial charge in [-0.2, -0.15) is 0 Å². The number of pyridine rings is 1. The number of rotatable bonds is 20. The molecule has 1 aromatic rings. The van der Waals surface area contributed by atoms with E-state index in [0.717, 1.165) is 18.8 Å². The Morgan fingerprint density at radius 2 is 1.32 bits per heavy atom. The molecule has 0 saturated heterocycles. The van der Waals surface area contributed by atoms with Gasteiger partial charge in [-0.3, -0.25) is 0 Å². The van der Waals surface area contributed by atoms with E-state index in [1.54, 1.807) is 0 Å². The number of alkyl halides is 1. The Hall–Kier alpha value is -0.820. The van der Waals surface area contributed by atoms with E-state index in [1.807, 2.05) is 6.08 Å². The van der Waals surface area contributed by atoms with Crippen molar-refractivity contribution in [2.24, 2.45) is 0 Å². The van der Waals surface area contributed by atoms with E-state index < -0.39 is 0 Å². The molecule has 1 heterocycles. The number of aryl methyl sites for hydroxylation is 2. The first kappa shape index (κ1) is 25.2. The van der Waals surface area contributed by atoms with Gasteiger partial charge < -0.3 is 0 Å². The van der Waals surface area contributed by atoms with E-state index in [-0.39, 0.29) is 0 Å². The zero-order chi connectivity index (χ0) is 20.1. The molecule has 1 rings (SSSR count). The van der Waals surface area contributed by atoms with Gasteiger partial charge in [0, 0.05) is 23.9 Å². The number of halogens is 1. The number of hydrogen-bond acceptors (Lipinski definition) is 0. The van der Waals surface area contributed by atoms with Crippen molar-refractivity contribution >= 4 is 11.6 Å². The summed E-state index contributed by atoms with van der Waals surface area (Å²) in [5.41, 5.74) is 1.51. The van der Waals surface area contributed by atoms with Crippen LogP contribution < -0.4 is 4.57 Å². The quantitative estimate of drug-likeness (QED) is 0.0888. The molecule has 0 aliphatic rings. The molecule has 0 aliphatic carbocycles. The van der Waals surface area contributed by atoms with E-state index in [1.165, 1.54) is 108 Å². The van der Waals surface area contributed by atoms with Crippen LogP contribution >= 0.6 is 11.6 Å². The maximum absolute atomic E-state index is 5.71. The van der Waals surface area contributed by atoms with Crippen molar-refractivity contribution in [1.82, 2.24) is 0 Å². The molecular weight excluding hydrogens is 362 g/mol. The molecule has 0 radical (unpaired) electrons. The molecule has 0 aromatic carbocycles. The topological polar surface area (TPSA) is 3.88 Å². The summed E-state index contributed by atoms with van der Waals surface area (Å²) in [5.74, 6) is 0.833. The third-order valence-electron chi connectivity index (χ3n) is 5.59. The largest absolute Gasteiger partial charge is 0.205 e. The zero-order valence-corrected chi connectivity index (χ0v) is 19.1. The summed E-state index contributed by atoms with van der Waals surface area (Å²) in [6.45, 7) is 4.95. The van der Waals surface area contributed by atoms with Gasteiger partial charge >= 0.3 is 0 Å². The molecule has 0 saturated carbocycles. The first-order chi connectivity index (χ1) is 13.9. The summed E-state index contributed by atoms with van der Waals surface area (Å²) >= 11 is 5.71. The summed E-state index contributed by atoms with van der Waals surface area (Å²) in [4.78, 5) is 0. The van der Waals surface area contributed by atoms with Crippen LogP contribution in [0.2, 0.25) is 0 Å². The lowest BCUT2D eigenvalue weighted by Crippen LogP contribution is -2.33. The van der Waals surface area contributed by atoms with Crippen LogP contribution in [0.15, 0.2) is 37.2 Å². The first-order valence-electron chi connectivity index (χ1n) is 12.0. The highest BCUT2D eigenvalue weighted by Crippen LogP contribution is 2.13. The molecule has 0 fully saturated rings. The highest BCUT2D eigenvalue weighted by atomic mass is 35.5. The SMILES string of the molecule is C=CCCCCCC[n+]1cccc(CCCCCCCCCCCCCCl)c1. The average molecular weight is 407 g/mol. The summed E-state index contributed by atoms with van der Waals surface area (Å²) in [6, 6.07) is 4.52. The van der Waals surface area contributed by atoms with Crippen molar-refractivity contribution in [2.75, 3.05) is 5.88 Å². The molecule has 0 aliphatic heterocycles. The summed E-state index contributed by atoms with van der Waals surface area (Å²) in [6.07, 6.45) is 29.4. The Labute approximate surface area is 180 Å². The van der Waals surface area contributed by atoms with Crippen LogP contribution in [-0.4, -0.2) is 5.88 Å². The smallest absolute Gasteiger partial charge is 0.171 e. The van der Waals surface area contributed by atoms with Gasteiger partial charge in [-0.15, -0.1) is 18.2 Å². The van der Waals surface area contributed by atoms with E-state index in [4.69, 9.17) is 11.6 Å². The fraction of sp³-hybridized carbons (Fsp3) is 0.731. The molecule has 1 aromatic heterocycles. The summed E-state index contributed by atoms with van der Waals surface area (Å²) in [5, 5.41) is 0. The van der Waals surface area contributed by atoms with Crippen molar-refractivity contribution in [2.45, 2.75) is 116 Å². The second kappa shape index (κ2) is 19.5. The molecule has 0 spiro atoms. The van der Waals surface area contributed by atoms with Gasteiger partial charge in [0.1, 0.15) is 6.54 Å². The molecule has 0 bridgehead atoms. The molecule has 0 N–H and O–H groups in total. The second-order valence-electron chi connectivity index (χ2n) is 8.27. The van der Waals surface area contributed by atoms with Crippen LogP contribution in [-0.2, 0) is 13.0 Å². The molecule has 2 heteroatoms.